The lowest BCUT2D eigenvalue weighted by Gasteiger charge is -2.10. The van der Waals surface area contributed by atoms with Crippen LogP contribution in [0.5, 0.6) is 5.75 Å². The molecule has 27 heavy (non-hydrogen) atoms. The molecule has 2 aromatic rings. The summed E-state index contributed by atoms with van der Waals surface area (Å²) in [7, 11) is -0.848. The molecule has 1 aromatic carbocycles. The van der Waals surface area contributed by atoms with Crippen molar-refractivity contribution in [3.63, 3.8) is 0 Å². The quantitative estimate of drug-likeness (QED) is 0.602. The zero-order valence-corrected chi connectivity index (χ0v) is 15.5. The Morgan fingerprint density at radius 2 is 2.11 bits per heavy atom. The van der Waals surface area contributed by atoms with E-state index < -0.39 is 16.0 Å². The number of esters is 1. The fourth-order valence-electron chi connectivity index (χ4n) is 2.64. The van der Waals surface area contributed by atoms with Crippen LogP contribution >= 0.6 is 0 Å². The highest BCUT2D eigenvalue weighted by molar-refractivity contribution is 7.92. The number of nitrogens with one attached hydrogen (secondary N) is 1. The van der Waals surface area contributed by atoms with Crippen molar-refractivity contribution in [2.75, 3.05) is 25.2 Å². The molecule has 1 aromatic heterocycles. The van der Waals surface area contributed by atoms with Crippen LogP contribution in [0.3, 0.4) is 0 Å². The number of methoxy groups -OCH3 is 2. The summed E-state index contributed by atoms with van der Waals surface area (Å²) in [5.74, 6) is 0.285. The fraction of sp³-hybridized carbons (Fsp3) is 0.250. The maximum absolute atomic E-state index is 11.8. The van der Waals surface area contributed by atoms with Crippen molar-refractivity contribution in [2.24, 2.45) is 0 Å². The number of hydrogen-bond donors (Lipinski definition) is 1. The molecule has 0 fully saturated rings. The lowest BCUT2D eigenvalue weighted by atomic mass is 10.2. The van der Waals surface area contributed by atoms with Gasteiger partial charge < -0.3 is 9.47 Å². The van der Waals surface area contributed by atoms with Gasteiger partial charge in [0.25, 0.3) is 0 Å². The first kappa shape index (κ1) is 18.4. The maximum atomic E-state index is 11.8. The molecule has 3 rings (SSSR count). The Balaban J connectivity index is 2.04. The topological polar surface area (TPSA) is 117 Å². The van der Waals surface area contributed by atoms with Gasteiger partial charge in [-0.15, -0.1) is 0 Å². The van der Waals surface area contributed by atoms with Gasteiger partial charge in [-0.25, -0.2) is 23.0 Å². The predicted octanol–water partition coefficient (Wildman–Crippen LogP) is 1.14. The van der Waals surface area contributed by atoms with Crippen LogP contribution in [-0.4, -0.2) is 49.6 Å². The third-order valence-corrected chi connectivity index (χ3v) is 4.36. The molecule has 10 nitrogen and oxygen atoms in total. The van der Waals surface area contributed by atoms with E-state index in [9.17, 15) is 13.2 Å². The molecule has 0 saturated heterocycles. The number of sulfonamides is 1. The molecule has 11 heteroatoms. The summed E-state index contributed by atoms with van der Waals surface area (Å²) in [5, 5.41) is 4.31. The molecule has 1 aliphatic rings. The minimum atomic E-state index is -3.51. The lowest BCUT2D eigenvalue weighted by molar-refractivity contribution is -0.136. The van der Waals surface area contributed by atoms with Gasteiger partial charge in [-0.2, -0.15) is 5.10 Å². The average Bonchev–Trinajstić information content (AvgIpc) is 3.17. The molecule has 1 aliphatic heterocycles. The second-order valence-corrected chi connectivity index (χ2v) is 7.38. The van der Waals surface area contributed by atoms with E-state index in [2.05, 4.69) is 24.4 Å². The Bertz CT molecular complexity index is 1110. The van der Waals surface area contributed by atoms with Crippen LogP contribution < -0.4 is 9.46 Å². The Labute approximate surface area is 155 Å². The van der Waals surface area contributed by atoms with Crippen molar-refractivity contribution in [3.8, 4) is 17.1 Å². The smallest absolute Gasteiger partial charge is 0.325 e. The van der Waals surface area contributed by atoms with Gasteiger partial charge in [0.15, 0.2) is 11.6 Å². The van der Waals surface area contributed by atoms with Crippen LogP contribution in [0.15, 0.2) is 23.8 Å². The minimum absolute atomic E-state index is 0.0807. The maximum Gasteiger partial charge on any atom is 0.325 e. The molecule has 0 radical (unpaired) electrons. The largest absolute Gasteiger partial charge is 0.495 e. The fourth-order valence-corrected chi connectivity index (χ4v) is 3.20. The first-order valence-electron chi connectivity index (χ1n) is 7.57. The van der Waals surface area contributed by atoms with Gasteiger partial charge in [0, 0.05) is 5.56 Å². The molecule has 0 amide bonds. The van der Waals surface area contributed by atoms with Crippen LogP contribution in [0, 0.1) is 6.57 Å². The van der Waals surface area contributed by atoms with Gasteiger partial charge in [0.05, 0.1) is 44.9 Å². The van der Waals surface area contributed by atoms with E-state index in [1.165, 1.54) is 25.0 Å². The van der Waals surface area contributed by atoms with E-state index >= 15 is 0 Å². The van der Waals surface area contributed by atoms with Crippen LogP contribution in [0.4, 0.5) is 5.69 Å². The first-order chi connectivity index (χ1) is 12.8. The highest BCUT2D eigenvalue weighted by Gasteiger charge is 2.31. The molecule has 2 heterocycles. The summed E-state index contributed by atoms with van der Waals surface area (Å²) in [6.45, 7) is 7.39. The average molecular weight is 389 g/mol. The number of ether oxygens (including phenoxy) is 2. The normalized spacial score (nSPS) is 13.1. The van der Waals surface area contributed by atoms with Gasteiger partial charge in [-0.3, -0.25) is 9.40 Å². The van der Waals surface area contributed by atoms with E-state index in [0.717, 1.165) is 6.26 Å². The SMILES string of the molecule is [C-]#[N+]C1=C(C(=O)OC)Cn2nc(-c3ccc(OC)c(NS(C)(=O)=O)c3)nc21. The molecule has 0 spiro atoms. The molecule has 0 bridgehead atoms. The summed E-state index contributed by atoms with van der Waals surface area (Å²) in [5.41, 5.74) is 1.04. The standard InChI is InChI=1S/C16H15N5O5S/c1-17-13-10(16(22)26-3)8-21-15(13)18-14(19-21)9-5-6-12(25-2)11(7-9)20-27(4,23)24/h5-7,20H,8H2,2-4H3. The molecular formula is C16H15N5O5S. The van der Waals surface area contributed by atoms with Crippen LogP contribution in [-0.2, 0) is 26.1 Å². The third kappa shape index (κ3) is 3.47. The zero-order valence-electron chi connectivity index (χ0n) is 14.7. The molecule has 1 N–H and O–H groups in total. The summed E-state index contributed by atoms with van der Waals surface area (Å²) in [6, 6.07) is 4.79. The van der Waals surface area contributed by atoms with E-state index in [-0.39, 0.29) is 35.2 Å². The molecule has 0 atom stereocenters. The van der Waals surface area contributed by atoms with Crippen molar-refractivity contribution < 1.29 is 22.7 Å². The number of hydrogen-bond acceptors (Lipinski definition) is 7. The number of benzene rings is 1. The molecular weight excluding hydrogens is 374 g/mol. The van der Waals surface area contributed by atoms with E-state index in [0.29, 0.717) is 11.3 Å². The highest BCUT2D eigenvalue weighted by Crippen LogP contribution is 2.33. The second kappa shape index (κ2) is 6.73. The van der Waals surface area contributed by atoms with E-state index in [1.54, 1.807) is 12.1 Å². The van der Waals surface area contributed by atoms with Gasteiger partial charge in [-0.05, 0) is 18.2 Å². The number of rotatable bonds is 5. The summed E-state index contributed by atoms with van der Waals surface area (Å²) in [6.07, 6.45) is 1.03. The molecule has 140 valence electrons. The Morgan fingerprint density at radius 1 is 1.37 bits per heavy atom. The lowest BCUT2D eigenvalue weighted by Crippen LogP contribution is -2.10. The monoisotopic (exact) mass is 389 g/mol. The number of nitrogens with zero attached hydrogens (tertiary/aromatic N) is 4. The van der Waals surface area contributed by atoms with Crippen molar-refractivity contribution >= 4 is 27.4 Å². The Morgan fingerprint density at radius 3 is 2.70 bits per heavy atom. The number of aromatic nitrogens is 3. The Hall–Kier alpha value is -3.39. The van der Waals surface area contributed by atoms with Gasteiger partial charge in [0.1, 0.15) is 5.75 Å². The molecule has 0 saturated carbocycles. The van der Waals surface area contributed by atoms with Crippen molar-refractivity contribution in [2.45, 2.75) is 6.54 Å². The van der Waals surface area contributed by atoms with Crippen LogP contribution in [0.2, 0.25) is 0 Å². The van der Waals surface area contributed by atoms with Crippen molar-refractivity contribution in [3.05, 3.63) is 41.0 Å². The van der Waals surface area contributed by atoms with Crippen molar-refractivity contribution in [1.82, 2.24) is 14.8 Å². The summed E-state index contributed by atoms with van der Waals surface area (Å²) in [4.78, 5) is 19.5. The Kier molecular flexibility index (Phi) is 4.59. The highest BCUT2D eigenvalue weighted by atomic mass is 32.2. The zero-order chi connectivity index (χ0) is 19.8. The molecule has 0 aliphatic carbocycles. The van der Waals surface area contributed by atoms with Crippen molar-refractivity contribution in [1.29, 1.82) is 0 Å². The number of anilines is 1. The van der Waals surface area contributed by atoms with E-state index in [4.69, 9.17) is 11.3 Å². The second-order valence-electron chi connectivity index (χ2n) is 5.64. The van der Waals surface area contributed by atoms with E-state index in [1.807, 2.05) is 0 Å². The third-order valence-electron chi connectivity index (χ3n) is 3.77. The van der Waals surface area contributed by atoms with Gasteiger partial charge in [0.2, 0.25) is 15.7 Å². The minimum Gasteiger partial charge on any atom is -0.495 e. The van der Waals surface area contributed by atoms with Gasteiger partial charge >= 0.3 is 5.97 Å². The molecule has 0 unspecified atom stereocenters. The number of carbonyl (C=O) groups is 1. The van der Waals surface area contributed by atoms with Crippen LogP contribution in [0.25, 0.3) is 21.9 Å². The number of carbonyl (C=O) groups excluding carboxylic acids is 1. The first-order valence-corrected chi connectivity index (χ1v) is 9.47. The van der Waals surface area contributed by atoms with Crippen LogP contribution in [0.1, 0.15) is 5.82 Å². The van der Waals surface area contributed by atoms with Gasteiger partial charge in [-0.1, -0.05) is 0 Å². The number of fused-ring (bicyclic) bond motifs is 1. The summed E-state index contributed by atoms with van der Waals surface area (Å²) < 4.78 is 36.8. The summed E-state index contributed by atoms with van der Waals surface area (Å²) >= 11 is 0. The predicted molar refractivity (Wildman–Crippen MR) is 96.0 cm³/mol.